The summed E-state index contributed by atoms with van der Waals surface area (Å²) in [4.78, 5) is 2.53. The summed E-state index contributed by atoms with van der Waals surface area (Å²) >= 11 is 0. The van der Waals surface area contributed by atoms with Crippen molar-refractivity contribution in [1.82, 2.24) is 15.5 Å². The molecule has 0 radical (unpaired) electrons. The first kappa shape index (κ1) is 18.4. The number of nitrogens with one attached hydrogen (secondary N) is 2. The Bertz CT molecular complexity index is 444. The molecule has 2 rings (SSSR count). The highest BCUT2D eigenvalue weighted by Gasteiger charge is 2.16. The summed E-state index contributed by atoms with van der Waals surface area (Å²) in [6, 6.07) is 8.98. The molecule has 1 heterocycles. The largest absolute Gasteiger partial charge is 0.380 e. The lowest BCUT2D eigenvalue weighted by Gasteiger charge is -2.31. The zero-order valence-electron chi connectivity index (χ0n) is 15.0. The Morgan fingerprint density at radius 1 is 1.17 bits per heavy atom. The van der Waals surface area contributed by atoms with Gasteiger partial charge < -0.3 is 15.4 Å². The highest BCUT2D eigenvalue weighted by atomic mass is 16.5. The predicted octanol–water partition coefficient (Wildman–Crippen LogP) is 2.03. The first-order valence-corrected chi connectivity index (χ1v) is 8.94. The SMILES string of the molecule is Cc1ccccc1CNC(COCC(C)C)CN1CCNCC1. The van der Waals surface area contributed by atoms with Crippen molar-refractivity contribution in [2.24, 2.45) is 5.92 Å². The van der Waals surface area contributed by atoms with Crippen LogP contribution in [0.2, 0.25) is 0 Å². The summed E-state index contributed by atoms with van der Waals surface area (Å²) in [5.41, 5.74) is 2.73. The Morgan fingerprint density at radius 2 is 1.91 bits per heavy atom. The van der Waals surface area contributed by atoms with Gasteiger partial charge in [-0.2, -0.15) is 0 Å². The van der Waals surface area contributed by atoms with E-state index in [2.05, 4.69) is 60.6 Å². The van der Waals surface area contributed by atoms with Crippen LogP contribution in [0.15, 0.2) is 24.3 Å². The highest BCUT2D eigenvalue weighted by Crippen LogP contribution is 2.07. The molecule has 0 saturated carbocycles. The molecule has 4 nitrogen and oxygen atoms in total. The molecule has 1 saturated heterocycles. The molecule has 0 aliphatic carbocycles. The number of hydrogen-bond donors (Lipinski definition) is 2. The second-order valence-corrected chi connectivity index (χ2v) is 6.99. The maximum Gasteiger partial charge on any atom is 0.0632 e. The predicted molar refractivity (Wildman–Crippen MR) is 96.8 cm³/mol. The van der Waals surface area contributed by atoms with Crippen molar-refractivity contribution in [2.75, 3.05) is 45.9 Å². The van der Waals surface area contributed by atoms with E-state index in [0.717, 1.165) is 52.5 Å². The van der Waals surface area contributed by atoms with E-state index in [1.807, 2.05) is 0 Å². The van der Waals surface area contributed by atoms with Crippen LogP contribution >= 0.6 is 0 Å². The van der Waals surface area contributed by atoms with Crippen LogP contribution in [0.4, 0.5) is 0 Å². The first-order valence-electron chi connectivity index (χ1n) is 8.94. The summed E-state index contributed by atoms with van der Waals surface area (Å²) in [6.45, 7) is 14.6. The van der Waals surface area contributed by atoms with Crippen molar-refractivity contribution >= 4 is 0 Å². The number of benzene rings is 1. The fourth-order valence-electron chi connectivity index (χ4n) is 2.89. The summed E-state index contributed by atoms with van der Waals surface area (Å²) in [7, 11) is 0. The molecule has 1 aliphatic heterocycles. The minimum absolute atomic E-state index is 0.381. The molecule has 1 aliphatic rings. The van der Waals surface area contributed by atoms with Gasteiger partial charge in [-0.15, -0.1) is 0 Å². The van der Waals surface area contributed by atoms with Crippen molar-refractivity contribution in [3.05, 3.63) is 35.4 Å². The molecular formula is C19H33N3O. The molecule has 2 N–H and O–H groups in total. The zero-order valence-corrected chi connectivity index (χ0v) is 15.0. The van der Waals surface area contributed by atoms with Gasteiger partial charge in [-0.05, 0) is 24.0 Å². The third kappa shape index (κ3) is 7.00. The smallest absolute Gasteiger partial charge is 0.0632 e. The minimum atomic E-state index is 0.381. The molecule has 4 heteroatoms. The van der Waals surface area contributed by atoms with Crippen LogP contribution in [0, 0.1) is 12.8 Å². The number of ether oxygens (including phenoxy) is 1. The van der Waals surface area contributed by atoms with E-state index in [9.17, 15) is 0 Å². The average molecular weight is 319 g/mol. The van der Waals surface area contributed by atoms with Gasteiger partial charge in [-0.3, -0.25) is 4.90 Å². The fourth-order valence-corrected chi connectivity index (χ4v) is 2.89. The minimum Gasteiger partial charge on any atom is -0.380 e. The van der Waals surface area contributed by atoms with Gasteiger partial charge in [0.2, 0.25) is 0 Å². The van der Waals surface area contributed by atoms with Crippen LogP contribution in [0.1, 0.15) is 25.0 Å². The third-order valence-corrected chi connectivity index (χ3v) is 4.30. The normalized spacial score (nSPS) is 17.6. The zero-order chi connectivity index (χ0) is 16.5. The number of rotatable bonds is 9. The van der Waals surface area contributed by atoms with Crippen LogP contribution in [0.3, 0.4) is 0 Å². The Labute approximate surface area is 141 Å². The van der Waals surface area contributed by atoms with Gasteiger partial charge in [0.25, 0.3) is 0 Å². The van der Waals surface area contributed by atoms with Crippen molar-refractivity contribution in [3.8, 4) is 0 Å². The van der Waals surface area contributed by atoms with Gasteiger partial charge in [-0.25, -0.2) is 0 Å². The van der Waals surface area contributed by atoms with E-state index in [0.29, 0.717) is 12.0 Å². The van der Waals surface area contributed by atoms with Crippen LogP contribution in [-0.4, -0.2) is 56.9 Å². The molecule has 1 fully saturated rings. The molecule has 1 unspecified atom stereocenters. The van der Waals surface area contributed by atoms with Gasteiger partial charge in [0.1, 0.15) is 0 Å². The van der Waals surface area contributed by atoms with Crippen molar-refractivity contribution in [3.63, 3.8) is 0 Å². The van der Waals surface area contributed by atoms with E-state index < -0.39 is 0 Å². The standard InChI is InChI=1S/C19H33N3O/c1-16(2)14-23-15-19(13-22-10-8-20-9-11-22)21-12-18-7-5-4-6-17(18)3/h4-7,16,19-21H,8-15H2,1-3H3. The Hall–Kier alpha value is -0.940. The van der Waals surface area contributed by atoms with Crippen molar-refractivity contribution in [1.29, 1.82) is 0 Å². The van der Waals surface area contributed by atoms with Crippen molar-refractivity contribution in [2.45, 2.75) is 33.4 Å². The molecule has 1 atom stereocenters. The molecule has 23 heavy (non-hydrogen) atoms. The number of nitrogens with zero attached hydrogens (tertiary/aromatic N) is 1. The molecule has 1 aromatic rings. The number of hydrogen-bond acceptors (Lipinski definition) is 4. The summed E-state index contributed by atoms with van der Waals surface area (Å²) in [6.07, 6.45) is 0. The molecule has 130 valence electrons. The molecule has 1 aromatic carbocycles. The van der Waals surface area contributed by atoms with Gasteiger partial charge >= 0.3 is 0 Å². The van der Waals surface area contributed by atoms with Gasteiger partial charge in [0, 0.05) is 51.9 Å². The number of piperazine rings is 1. The lowest BCUT2D eigenvalue weighted by Crippen LogP contribution is -2.50. The van der Waals surface area contributed by atoms with Crippen LogP contribution in [-0.2, 0) is 11.3 Å². The molecule has 0 amide bonds. The van der Waals surface area contributed by atoms with Crippen LogP contribution in [0.25, 0.3) is 0 Å². The summed E-state index contributed by atoms with van der Waals surface area (Å²) < 4.78 is 5.91. The fraction of sp³-hybridized carbons (Fsp3) is 0.684. The Balaban J connectivity index is 1.85. The Morgan fingerprint density at radius 3 is 2.61 bits per heavy atom. The maximum absolute atomic E-state index is 5.91. The second-order valence-electron chi connectivity index (χ2n) is 6.99. The summed E-state index contributed by atoms with van der Waals surface area (Å²) in [5, 5.41) is 7.13. The monoisotopic (exact) mass is 319 g/mol. The van der Waals surface area contributed by atoms with Crippen LogP contribution in [0.5, 0.6) is 0 Å². The van der Waals surface area contributed by atoms with E-state index in [4.69, 9.17) is 4.74 Å². The highest BCUT2D eigenvalue weighted by molar-refractivity contribution is 5.25. The van der Waals surface area contributed by atoms with E-state index >= 15 is 0 Å². The molecule has 0 bridgehead atoms. The molecule has 0 spiro atoms. The number of aryl methyl sites for hydroxylation is 1. The maximum atomic E-state index is 5.91. The second kappa shape index (κ2) is 10.0. The molecular weight excluding hydrogens is 286 g/mol. The van der Waals surface area contributed by atoms with Crippen LogP contribution < -0.4 is 10.6 Å². The van der Waals surface area contributed by atoms with Gasteiger partial charge in [0.05, 0.1) is 6.61 Å². The van der Waals surface area contributed by atoms with Gasteiger partial charge in [-0.1, -0.05) is 38.1 Å². The van der Waals surface area contributed by atoms with E-state index in [1.54, 1.807) is 0 Å². The first-order chi connectivity index (χ1) is 11.1. The van der Waals surface area contributed by atoms with E-state index in [-0.39, 0.29) is 0 Å². The van der Waals surface area contributed by atoms with E-state index in [1.165, 1.54) is 11.1 Å². The lowest BCUT2D eigenvalue weighted by atomic mass is 10.1. The Kier molecular flexibility index (Phi) is 8.03. The quantitative estimate of drug-likeness (QED) is 0.730. The molecule has 0 aromatic heterocycles. The summed E-state index contributed by atoms with van der Waals surface area (Å²) in [5.74, 6) is 0.589. The lowest BCUT2D eigenvalue weighted by molar-refractivity contribution is 0.0756. The topological polar surface area (TPSA) is 36.5 Å². The van der Waals surface area contributed by atoms with Gasteiger partial charge in [0.15, 0.2) is 0 Å². The average Bonchev–Trinajstić information content (AvgIpc) is 2.54. The third-order valence-electron chi connectivity index (χ3n) is 4.30. The van der Waals surface area contributed by atoms with Crippen molar-refractivity contribution < 1.29 is 4.74 Å².